The highest BCUT2D eigenvalue weighted by molar-refractivity contribution is 7.98. The van der Waals surface area contributed by atoms with Crippen LogP contribution in [0, 0.1) is 0 Å². The maximum atomic E-state index is 3.56. The van der Waals surface area contributed by atoms with E-state index >= 15 is 0 Å². The number of hydrogen-bond donors (Lipinski definition) is 1. The Bertz CT molecular complexity index is 362. The van der Waals surface area contributed by atoms with E-state index in [1.165, 1.54) is 49.8 Å². The molecule has 0 unspecified atom stereocenters. The Morgan fingerprint density at radius 3 is 2.89 bits per heavy atom. The third-order valence-corrected chi connectivity index (χ3v) is 4.39. The zero-order chi connectivity index (χ0) is 12.6. The summed E-state index contributed by atoms with van der Waals surface area (Å²) >= 11 is 1.95. The predicted molar refractivity (Wildman–Crippen MR) is 82.4 cm³/mol. The van der Waals surface area contributed by atoms with Gasteiger partial charge in [-0.3, -0.25) is 0 Å². The van der Waals surface area contributed by atoms with Gasteiger partial charge in [-0.25, -0.2) is 0 Å². The van der Waals surface area contributed by atoms with E-state index in [1.54, 1.807) is 11.1 Å². The molecule has 2 rings (SSSR count). The van der Waals surface area contributed by atoms with Crippen LogP contribution in [0.2, 0.25) is 0 Å². The fourth-order valence-corrected chi connectivity index (χ4v) is 3.13. The van der Waals surface area contributed by atoms with Crippen LogP contribution in [0.1, 0.15) is 42.4 Å². The van der Waals surface area contributed by atoms with Crippen LogP contribution in [0.3, 0.4) is 0 Å². The van der Waals surface area contributed by atoms with Crippen molar-refractivity contribution in [2.45, 2.75) is 45.1 Å². The van der Waals surface area contributed by atoms with Crippen LogP contribution in [0.15, 0.2) is 18.2 Å². The van der Waals surface area contributed by atoms with Crippen LogP contribution in [-0.2, 0) is 19.4 Å². The van der Waals surface area contributed by atoms with Crippen LogP contribution in [-0.4, -0.2) is 18.6 Å². The summed E-state index contributed by atoms with van der Waals surface area (Å²) in [5, 5.41) is 3.56. The highest BCUT2D eigenvalue weighted by Crippen LogP contribution is 2.22. The summed E-state index contributed by atoms with van der Waals surface area (Å²) in [5.41, 5.74) is 4.63. The minimum atomic E-state index is 1.04. The zero-order valence-electron chi connectivity index (χ0n) is 11.5. The molecule has 0 aliphatic heterocycles. The Kier molecular flexibility index (Phi) is 6.09. The summed E-state index contributed by atoms with van der Waals surface area (Å²) in [6.45, 7) is 2.20. The van der Waals surface area contributed by atoms with Gasteiger partial charge in [-0.1, -0.05) is 24.6 Å². The molecule has 1 aliphatic carbocycles. The van der Waals surface area contributed by atoms with Crippen molar-refractivity contribution in [1.29, 1.82) is 0 Å². The van der Waals surface area contributed by atoms with E-state index in [2.05, 4.69) is 29.8 Å². The average molecular weight is 263 g/mol. The third kappa shape index (κ3) is 4.33. The molecule has 0 aromatic heterocycles. The predicted octanol–water partition coefficient (Wildman–Crippen LogP) is 3.80. The second kappa shape index (κ2) is 7.85. The summed E-state index contributed by atoms with van der Waals surface area (Å²) in [4.78, 5) is 0. The summed E-state index contributed by atoms with van der Waals surface area (Å²) in [7, 11) is 0. The number of unbranched alkanes of at least 4 members (excludes halogenated alkanes) is 2. The summed E-state index contributed by atoms with van der Waals surface area (Å²) in [6, 6.07) is 7.03. The molecule has 2 heteroatoms. The number of hydrogen-bond acceptors (Lipinski definition) is 2. The molecule has 0 saturated heterocycles. The summed E-state index contributed by atoms with van der Waals surface area (Å²) in [6.07, 6.45) is 10.1. The Balaban J connectivity index is 1.62. The van der Waals surface area contributed by atoms with E-state index in [-0.39, 0.29) is 0 Å². The first-order valence-corrected chi connectivity index (χ1v) is 8.60. The molecule has 0 bridgehead atoms. The number of rotatable bonds is 8. The Morgan fingerprint density at radius 2 is 2.00 bits per heavy atom. The molecule has 0 saturated carbocycles. The maximum Gasteiger partial charge on any atom is 0.0205 e. The van der Waals surface area contributed by atoms with Crippen LogP contribution in [0.5, 0.6) is 0 Å². The molecular formula is C16H25NS. The molecule has 0 amide bonds. The maximum absolute atomic E-state index is 3.56. The Hall–Kier alpha value is -0.470. The largest absolute Gasteiger partial charge is 0.313 e. The molecule has 0 atom stereocenters. The monoisotopic (exact) mass is 263 g/mol. The van der Waals surface area contributed by atoms with E-state index in [9.17, 15) is 0 Å². The lowest BCUT2D eigenvalue weighted by Gasteiger charge is -2.07. The quantitative estimate of drug-likeness (QED) is 0.716. The molecule has 18 heavy (non-hydrogen) atoms. The lowest BCUT2D eigenvalue weighted by molar-refractivity contribution is 0.618. The first-order chi connectivity index (χ1) is 8.90. The first-order valence-electron chi connectivity index (χ1n) is 7.20. The van der Waals surface area contributed by atoms with Gasteiger partial charge in [0.15, 0.2) is 0 Å². The van der Waals surface area contributed by atoms with Crippen molar-refractivity contribution in [2.75, 3.05) is 18.6 Å². The number of thioether (sulfide) groups is 1. The number of fused-ring (bicyclic) bond motifs is 1. The smallest absolute Gasteiger partial charge is 0.0205 e. The third-order valence-electron chi connectivity index (χ3n) is 3.69. The molecule has 1 N–H and O–H groups in total. The molecule has 1 aromatic rings. The minimum absolute atomic E-state index is 1.04. The van der Waals surface area contributed by atoms with E-state index in [1.807, 2.05) is 11.8 Å². The standard InChI is InChI=1S/C16H25NS/c1-18-11-4-2-3-10-17-13-14-8-9-15-6-5-7-16(15)12-14/h8-9,12,17H,2-7,10-11,13H2,1H3. The first kappa shape index (κ1) is 14.0. The van der Waals surface area contributed by atoms with Crippen molar-refractivity contribution in [3.63, 3.8) is 0 Å². The molecule has 0 spiro atoms. The molecule has 1 aliphatic rings. The van der Waals surface area contributed by atoms with Gasteiger partial charge >= 0.3 is 0 Å². The fraction of sp³-hybridized carbons (Fsp3) is 0.625. The van der Waals surface area contributed by atoms with Gasteiger partial charge in [0.05, 0.1) is 0 Å². The molecule has 1 nitrogen and oxygen atoms in total. The highest BCUT2D eigenvalue weighted by Gasteiger charge is 2.10. The Morgan fingerprint density at radius 1 is 1.11 bits per heavy atom. The van der Waals surface area contributed by atoms with Gasteiger partial charge in [0.25, 0.3) is 0 Å². The topological polar surface area (TPSA) is 12.0 Å². The molecule has 0 radical (unpaired) electrons. The summed E-state index contributed by atoms with van der Waals surface area (Å²) < 4.78 is 0. The van der Waals surface area contributed by atoms with Gasteiger partial charge in [-0.2, -0.15) is 11.8 Å². The van der Waals surface area contributed by atoms with Gasteiger partial charge in [-0.05, 0) is 67.3 Å². The summed E-state index contributed by atoms with van der Waals surface area (Å²) in [5.74, 6) is 1.31. The molecule has 0 fully saturated rings. The molecule has 0 heterocycles. The lowest BCUT2D eigenvalue weighted by atomic mass is 10.1. The molecule has 100 valence electrons. The average Bonchev–Trinajstić information content (AvgIpc) is 2.85. The van der Waals surface area contributed by atoms with Gasteiger partial charge < -0.3 is 5.32 Å². The van der Waals surface area contributed by atoms with Gasteiger partial charge in [0, 0.05) is 6.54 Å². The van der Waals surface area contributed by atoms with Crippen LogP contribution in [0.25, 0.3) is 0 Å². The fourth-order valence-electron chi connectivity index (χ4n) is 2.64. The van der Waals surface area contributed by atoms with Crippen molar-refractivity contribution in [3.8, 4) is 0 Å². The number of nitrogens with one attached hydrogen (secondary N) is 1. The van der Waals surface area contributed by atoms with Crippen molar-refractivity contribution in [2.24, 2.45) is 0 Å². The number of benzene rings is 1. The molecule has 1 aromatic carbocycles. The van der Waals surface area contributed by atoms with Crippen molar-refractivity contribution in [3.05, 3.63) is 34.9 Å². The van der Waals surface area contributed by atoms with Gasteiger partial charge in [0.1, 0.15) is 0 Å². The SMILES string of the molecule is CSCCCCCNCc1ccc2c(c1)CCC2. The van der Waals surface area contributed by atoms with E-state index in [0.29, 0.717) is 0 Å². The second-order valence-corrected chi connectivity index (χ2v) is 6.17. The normalized spacial score (nSPS) is 13.8. The second-order valence-electron chi connectivity index (χ2n) is 5.19. The minimum Gasteiger partial charge on any atom is -0.313 e. The Labute approximate surface area is 116 Å². The van der Waals surface area contributed by atoms with Gasteiger partial charge in [-0.15, -0.1) is 0 Å². The highest BCUT2D eigenvalue weighted by atomic mass is 32.2. The molecular weight excluding hydrogens is 238 g/mol. The van der Waals surface area contributed by atoms with E-state index in [4.69, 9.17) is 0 Å². The number of aryl methyl sites for hydroxylation is 2. The van der Waals surface area contributed by atoms with Crippen molar-refractivity contribution >= 4 is 11.8 Å². The van der Waals surface area contributed by atoms with Crippen LogP contribution in [0.4, 0.5) is 0 Å². The van der Waals surface area contributed by atoms with Crippen molar-refractivity contribution < 1.29 is 0 Å². The van der Waals surface area contributed by atoms with Crippen molar-refractivity contribution in [1.82, 2.24) is 5.32 Å². The van der Waals surface area contributed by atoms with Gasteiger partial charge in [0.2, 0.25) is 0 Å². The van der Waals surface area contributed by atoms with Crippen LogP contribution >= 0.6 is 11.8 Å². The van der Waals surface area contributed by atoms with E-state index in [0.717, 1.165) is 13.1 Å². The van der Waals surface area contributed by atoms with Crippen LogP contribution < -0.4 is 5.32 Å². The van der Waals surface area contributed by atoms with E-state index < -0.39 is 0 Å². The lowest BCUT2D eigenvalue weighted by Crippen LogP contribution is -2.14. The zero-order valence-corrected chi connectivity index (χ0v) is 12.3.